The molecular formula is C26H31BrN6O4. The number of ether oxygens (including phenoxy) is 3. The first-order chi connectivity index (χ1) is 18.0. The van der Waals surface area contributed by atoms with Crippen LogP contribution < -0.4 is 20.1 Å². The molecule has 2 N–H and O–H groups in total. The Balaban J connectivity index is 1.25. The SMILES string of the molecule is COc1ccc(CNc2nccn3c([C@H]4CN5C(=O)C6(CCCC6)NC[C@@H]5CO4)nc(Br)c23)c(OC)c1. The molecule has 3 fully saturated rings. The molecule has 2 saturated heterocycles. The zero-order valence-electron chi connectivity index (χ0n) is 21.0. The van der Waals surface area contributed by atoms with Crippen LogP contribution in [0.3, 0.4) is 0 Å². The lowest BCUT2D eigenvalue weighted by Crippen LogP contribution is -2.69. The number of morpholine rings is 1. The fraction of sp³-hybridized carbons (Fsp3) is 0.500. The number of fused-ring (bicyclic) bond motifs is 2. The van der Waals surface area contributed by atoms with Crippen molar-refractivity contribution in [2.45, 2.75) is 49.9 Å². The average molecular weight is 571 g/mol. The molecule has 0 radical (unpaired) electrons. The van der Waals surface area contributed by atoms with Crippen molar-refractivity contribution in [3.63, 3.8) is 0 Å². The van der Waals surface area contributed by atoms with Crippen LogP contribution in [0.2, 0.25) is 0 Å². The van der Waals surface area contributed by atoms with Crippen molar-refractivity contribution < 1.29 is 19.0 Å². The zero-order valence-corrected chi connectivity index (χ0v) is 22.6. The minimum Gasteiger partial charge on any atom is -0.497 e. The van der Waals surface area contributed by atoms with Gasteiger partial charge in [0.1, 0.15) is 33.5 Å². The molecule has 3 aliphatic rings. The maximum atomic E-state index is 13.5. The van der Waals surface area contributed by atoms with Crippen molar-refractivity contribution in [2.24, 2.45) is 0 Å². The van der Waals surface area contributed by atoms with E-state index in [1.54, 1.807) is 20.4 Å². The van der Waals surface area contributed by atoms with Crippen LogP contribution in [0, 0.1) is 0 Å². The molecular weight excluding hydrogens is 540 g/mol. The summed E-state index contributed by atoms with van der Waals surface area (Å²) in [6.45, 7) is 2.26. The van der Waals surface area contributed by atoms with Crippen LogP contribution in [0.15, 0.2) is 35.2 Å². The summed E-state index contributed by atoms with van der Waals surface area (Å²) in [6.07, 6.45) is 7.33. The summed E-state index contributed by atoms with van der Waals surface area (Å²) < 4.78 is 19.8. The number of halogens is 1. The highest BCUT2D eigenvalue weighted by Crippen LogP contribution is 2.38. The number of nitrogens with zero attached hydrogens (tertiary/aromatic N) is 4. The molecule has 2 atom stereocenters. The van der Waals surface area contributed by atoms with Crippen LogP contribution in [0.5, 0.6) is 11.5 Å². The molecule has 2 aromatic heterocycles. The molecule has 10 nitrogen and oxygen atoms in total. The Hall–Kier alpha value is -2.89. The van der Waals surface area contributed by atoms with E-state index in [2.05, 4.69) is 31.5 Å². The summed E-state index contributed by atoms with van der Waals surface area (Å²) in [7, 11) is 3.27. The number of piperazine rings is 1. The summed E-state index contributed by atoms with van der Waals surface area (Å²) in [5.74, 6) is 3.12. The maximum absolute atomic E-state index is 13.5. The van der Waals surface area contributed by atoms with Gasteiger partial charge in [0.05, 0.1) is 39.0 Å². The monoisotopic (exact) mass is 570 g/mol. The Kier molecular flexibility index (Phi) is 6.46. The molecule has 11 heteroatoms. The van der Waals surface area contributed by atoms with E-state index < -0.39 is 5.54 Å². The van der Waals surface area contributed by atoms with Crippen molar-refractivity contribution in [2.75, 3.05) is 39.2 Å². The van der Waals surface area contributed by atoms with Crippen LogP contribution in [-0.4, -0.2) is 70.7 Å². The number of carbonyl (C=O) groups is 1. The van der Waals surface area contributed by atoms with Crippen molar-refractivity contribution in [1.29, 1.82) is 0 Å². The van der Waals surface area contributed by atoms with Gasteiger partial charge in [-0.05, 0) is 40.9 Å². The Labute approximate surface area is 223 Å². The molecule has 4 heterocycles. The Bertz CT molecular complexity index is 1320. The highest BCUT2D eigenvalue weighted by molar-refractivity contribution is 9.10. The van der Waals surface area contributed by atoms with Gasteiger partial charge in [-0.1, -0.05) is 12.8 Å². The van der Waals surface area contributed by atoms with Crippen molar-refractivity contribution in [1.82, 2.24) is 24.6 Å². The van der Waals surface area contributed by atoms with Crippen molar-refractivity contribution in [3.05, 3.63) is 46.6 Å². The van der Waals surface area contributed by atoms with E-state index in [-0.39, 0.29) is 18.1 Å². The highest BCUT2D eigenvalue weighted by atomic mass is 79.9. The number of imidazole rings is 1. The number of hydrogen-bond acceptors (Lipinski definition) is 8. The Morgan fingerprint density at radius 3 is 2.89 bits per heavy atom. The number of methoxy groups -OCH3 is 2. The molecule has 1 saturated carbocycles. The number of nitrogens with one attached hydrogen (secondary N) is 2. The van der Waals surface area contributed by atoms with Crippen LogP contribution >= 0.6 is 15.9 Å². The van der Waals surface area contributed by atoms with Gasteiger partial charge >= 0.3 is 0 Å². The fourth-order valence-corrected chi connectivity index (χ4v) is 6.42. The Morgan fingerprint density at radius 2 is 2.11 bits per heavy atom. The van der Waals surface area contributed by atoms with Crippen LogP contribution in [-0.2, 0) is 16.1 Å². The Morgan fingerprint density at radius 1 is 1.27 bits per heavy atom. The third-order valence-electron chi connectivity index (χ3n) is 7.86. The molecule has 6 rings (SSSR count). The number of aromatic nitrogens is 3. The van der Waals surface area contributed by atoms with Crippen LogP contribution in [0.1, 0.15) is 43.2 Å². The zero-order chi connectivity index (χ0) is 25.6. The summed E-state index contributed by atoms with van der Waals surface area (Å²) in [6, 6.07) is 5.79. The first-order valence-electron chi connectivity index (χ1n) is 12.7. The molecule has 0 unspecified atom stereocenters. The summed E-state index contributed by atoms with van der Waals surface area (Å²) >= 11 is 3.64. The molecule has 2 aliphatic heterocycles. The maximum Gasteiger partial charge on any atom is 0.243 e. The molecule has 196 valence electrons. The van der Waals surface area contributed by atoms with Gasteiger partial charge in [0, 0.05) is 37.1 Å². The highest BCUT2D eigenvalue weighted by Gasteiger charge is 2.50. The standard InChI is InChI=1S/C26H31BrN6O4/c1-35-18-6-5-16(19(11-18)36-2)12-29-23-21-22(27)31-24(32(21)10-9-28-23)20-14-33-17(15-37-20)13-30-26(25(33)34)7-3-4-8-26/h5-6,9-11,17,20,30H,3-4,7-8,12-15H2,1-2H3,(H,28,29)/t17-,20-/m1/s1. The second-order valence-corrected chi connectivity index (χ2v) is 10.6. The quantitative estimate of drug-likeness (QED) is 0.465. The van der Waals surface area contributed by atoms with Crippen LogP contribution in [0.25, 0.3) is 5.52 Å². The predicted molar refractivity (Wildman–Crippen MR) is 141 cm³/mol. The minimum absolute atomic E-state index is 0.0583. The molecule has 1 aliphatic carbocycles. The molecule has 1 aromatic carbocycles. The van der Waals surface area contributed by atoms with Gasteiger partial charge in [0.25, 0.3) is 0 Å². The third-order valence-corrected chi connectivity index (χ3v) is 8.42. The summed E-state index contributed by atoms with van der Waals surface area (Å²) in [4.78, 5) is 25.0. The lowest BCUT2D eigenvalue weighted by molar-refractivity contribution is -0.159. The van der Waals surface area contributed by atoms with E-state index in [0.717, 1.165) is 60.6 Å². The summed E-state index contributed by atoms with van der Waals surface area (Å²) in [5.41, 5.74) is 1.40. The normalized spacial score (nSPS) is 22.9. The number of anilines is 1. The van der Waals surface area contributed by atoms with Gasteiger partial charge in [-0.3, -0.25) is 9.20 Å². The molecule has 1 spiro atoms. The molecule has 3 aromatic rings. The number of rotatable bonds is 6. The van der Waals surface area contributed by atoms with Gasteiger partial charge in [-0.15, -0.1) is 0 Å². The van der Waals surface area contributed by atoms with Crippen molar-refractivity contribution >= 4 is 33.2 Å². The van der Waals surface area contributed by atoms with Gasteiger partial charge in [0.2, 0.25) is 5.91 Å². The first-order valence-corrected chi connectivity index (χ1v) is 13.5. The smallest absolute Gasteiger partial charge is 0.243 e. The van der Waals surface area contributed by atoms with Crippen molar-refractivity contribution in [3.8, 4) is 11.5 Å². The van der Waals surface area contributed by atoms with E-state index in [1.165, 1.54) is 0 Å². The number of carbonyl (C=O) groups excluding carboxylic acids is 1. The van der Waals surface area contributed by atoms with Gasteiger partial charge in [-0.25, -0.2) is 9.97 Å². The van der Waals surface area contributed by atoms with Gasteiger partial charge < -0.3 is 29.7 Å². The van der Waals surface area contributed by atoms with E-state index in [4.69, 9.17) is 19.2 Å². The molecule has 1 amide bonds. The van der Waals surface area contributed by atoms with E-state index >= 15 is 0 Å². The number of hydrogen-bond donors (Lipinski definition) is 2. The lowest BCUT2D eigenvalue weighted by atomic mass is 9.90. The largest absolute Gasteiger partial charge is 0.497 e. The van der Waals surface area contributed by atoms with Gasteiger partial charge in [-0.2, -0.15) is 0 Å². The van der Waals surface area contributed by atoms with E-state index in [0.29, 0.717) is 30.1 Å². The van der Waals surface area contributed by atoms with Crippen LogP contribution in [0.4, 0.5) is 5.82 Å². The molecule has 37 heavy (non-hydrogen) atoms. The molecule has 0 bridgehead atoms. The lowest BCUT2D eigenvalue weighted by Gasteiger charge is -2.48. The minimum atomic E-state index is -0.392. The first kappa shape index (κ1) is 24.4. The number of amides is 1. The summed E-state index contributed by atoms with van der Waals surface area (Å²) in [5, 5.41) is 6.97. The second kappa shape index (κ2) is 9.77. The number of benzene rings is 1. The third kappa shape index (κ3) is 4.22. The average Bonchev–Trinajstić information content (AvgIpc) is 3.55. The fourth-order valence-electron chi connectivity index (χ4n) is 5.86. The van der Waals surface area contributed by atoms with E-state index in [9.17, 15) is 4.79 Å². The van der Waals surface area contributed by atoms with Gasteiger partial charge in [0.15, 0.2) is 5.82 Å². The van der Waals surface area contributed by atoms with E-state index in [1.807, 2.05) is 33.7 Å². The second-order valence-electron chi connectivity index (χ2n) is 9.89. The predicted octanol–water partition coefficient (Wildman–Crippen LogP) is 3.31. The topological polar surface area (TPSA) is 102 Å².